The fourth-order valence-corrected chi connectivity index (χ4v) is 2.03. The lowest BCUT2D eigenvalue weighted by atomic mass is 10.1. The van der Waals surface area contributed by atoms with Crippen LogP contribution in [0.2, 0.25) is 0 Å². The predicted molar refractivity (Wildman–Crippen MR) is 68.5 cm³/mol. The molecule has 0 saturated carbocycles. The highest BCUT2D eigenvalue weighted by molar-refractivity contribution is 5.93. The molecule has 0 bridgehead atoms. The summed E-state index contributed by atoms with van der Waals surface area (Å²) in [5.74, 6) is -0.600. The normalized spacial score (nSPS) is 17.6. The van der Waals surface area contributed by atoms with Crippen LogP contribution in [0.1, 0.15) is 23.2 Å². The SMILES string of the molecule is CN1CCC(OC(=O)c2cc(N)ccc2O)CC1. The lowest BCUT2D eigenvalue weighted by Gasteiger charge is -2.28. The van der Waals surface area contributed by atoms with Crippen LogP contribution < -0.4 is 5.73 Å². The number of carbonyl (C=O) groups excluding carboxylic acids is 1. The number of aromatic hydroxyl groups is 1. The Bertz CT molecular complexity index is 440. The summed E-state index contributed by atoms with van der Waals surface area (Å²) >= 11 is 0. The third-order valence-corrected chi connectivity index (χ3v) is 3.18. The van der Waals surface area contributed by atoms with Crippen molar-refractivity contribution in [2.75, 3.05) is 25.9 Å². The van der Waals surface area contributed by atoms with Crippen molar-refractivity contribution < 1.29 is 14.6 Å². The maximum absolute atomic E-state index is 11.9. The highest BCUT2D eigenvalue weighted by Crippen LogP contribution is 2.22. The van der Waals surface area contributed by atoms with Gasteiger partial charge in [0, 0.05) is 18.8 Å². The zero-order chi connectivity index (χ0) is 13.1. The number of carbonyl (C=O) groups is 1. The van der Waals surface area contributed by atoms with Gasteiger partial charge in [-0.1, -0.05) is 0 Å². The van der Waals surface area contributed by atoms with Crippen LogP contribution in [0, 0.1) is 0 Å². The van der Waals surface area contributed by atoms with Crippen LogP contribution in [-0.2, 0) is 4.74 Å². The van der Waals surface area contributed by atoms with E-state index in [4.69, 9.17) is 10.5 Å². The second-order valence-corrected chi connectivity index (χ2v) is 4.68. The number of phenolic OH excluding ortho intramolecular Hbond substituents is 1. The molecule has 18 heavy (non-hydrogen) atoms. The van der Waals surface area contributed by atoms with Crippen molar-refractivity contribution in [1.82, 2.24) is 4.90 Å². The first kappa shape index (κ1) is 12.7. The summed E-state index contributed by atoms with van der Waals surface area (Å²) in [5.41, 5.74) is 6.16. The number of esters is 1. The zero-order valence-electron chi connectivity index (χ0n) is 10.4. The Balaban J connectivity index is 2.01. The van der Waals surface area contributed by atoms with E-state index in [2.05, 4.69) is 4.90 Å². The van der Waals surface area contributed by atoms with E-state index in [0.717, 1.165) is 25.9 Å². The highest BCUT2D eigenvalue weighted by atomic mass is 16.5. The molecule has 2 rings (SSSR count). The van der Waals surface area contributed by atoms with Gasteiger partial charge in [-0.05, 0) is 38.1 Å². The molecule has 1 aromatic carbocycles. The first-order valence-corrected chi connectivity index (χ1v) is 6.04. The van der Waals surface area contributed by atoms with E-state index in [1.54, 1.807) is 6.07 Å². The summed E-state index contributed by atoms with van der Waals surface area (Å²) in [6.07, 6.45) is 1.57. The molecule has 0 amide bonds. The van der Waals surface area contributed by atoms with E-state index in [1.807, 2.05) is 7.05 Å². The largest absolute Gasteiger partial charge is 0.507 e. The maximum atomic E-state index is 11.9. The molecule has 1 saturated heterocycles. The van der Waals surface area contributed by atoms with E-state index in [0.29, 0.717) is 5.69 Å². The van der Waals surface area contributed by atoms with Crippen LogP contribution in [0.4, 0.5) is 5.69 Å². The van der Waals surface area contributed by atoms with Crippen molar-refractivity contribution in [3.05, 3.63) is 23.8 Å². The minimum atomic E-state index is -0.505. The molecule has 3 N–H and O–H groups in total. The fourth-order valence-electron chi connectivity index (χ4n) is 2.03. The van der Waals surface area contributed by atoms with Crippen LogP contribution in [-0.4, -0.2) is 42.2 Å². The van der Waals surface area contributed by atoms with Gasteiger partial charge in [-0.15, -0.1) is 0 Å². The van der Waals surface area contributed by atoms with E-state index in [1.165, 1.54) is 12.1 Å². The van der Waals surface area contributed by atoms with Crippen LogP contribution >= 0.6 is 0 Å². The first-order valence-electron chi connectivity index (χ1n) is 6.04. The zero-order valence-corrected chi connectivity index (χ0v) is 10.4. The second-order valence-electron chi connectivity index (χ2n) is 4.68. The molecule has 1 aromatic rings. The topological polar surface area (TPSA) is 75.8 Å². The molecule has 5 nitrogen and oxygen atoms in total. The number of phenols is 1. The Labute approximate surface area is 106 Å². The van der Waals surface area contributed by atoms with Gasteiger partial charge in [0.2, 0.25) is 0 Å². The lowest BCUT2D eigenvalue weighted by molar-refractivity contribution is 0.0137. The Morgan fingerprint density at radius 1 is 1.44 bits per heavy atom. The summed E-state index contributed by atoms with van der Waals surface area (Å²) in [4.78, 5) is 14.1. The molecular weight excluding hydrogens is 232 g/mol. The van der Waals surface area contributed by atoms with Gasteiger partial charge in [-0.25, -0.2) is 4.79 Å². The van der Waals surface area contributed by atoms with E-state index in [-0.39, 0.29) is 17.4 Å². The van der Waals surface area contributed by atoms with Crippen molar-refractivity contribution in [1.29, 1.82) is 0 Å². The average Bonchev–Trinajstić information content (AvgIpc) is 2.35. The molecular formula is C13H18N2O3. The number of nitrogens with two attached hydrogens (primary N) is 1. The quantitative estimate of drug-likeness (QED) is 0.469. The van der Waals surface area contributed by atoms with Crippen molar-refractivity contribution in [3.63, 3.8) is 0 Å². The second kappa shape index (κ2) is 5.27. The third kappa shape index (κ3) is 2.92. The van der Waals surface area contributed by atoms with Crippen LogP contribution in [0.5, 0.6) is 5.75 Å². The molecule has 1 aliphatic heterocycles. The van der Waals surface area contributed by atoms with Gasteiger partial charge in [0.15, 0.2) is 0 Å². The maximum Gasteiger partial charge on any atom is 0.342 e. The average molecular weight is 250 g/mol. The minimum Gasteiger partial charge on any atom is -0.507 e. The first-order chi connectivity index (χ1) is 8.56. The Hall–Kier alpha value is -1.75. The standard InChI is InChI=1S/C13H18N2O3/c1-15-6-4-10(5-7-15)18-13(17)11-8-9(14)2-3-12(11)16/h2-3,8,10,16H,4-7,14H2,1H3. The Morgan fingerprint density at radius 2 is 2.11 bits per heavy atom. The number of anilines is 1. The number of hydrogen-bond acceptors (Lipinski definition) is 5. The Morgan fingerprint density at radius 3 is 2.78 bits per heavy atom. The molecule has 5 heteroatoms. The number of ether oxygens (including phenoxy) is 1. The fraction of sp³-hybridized carbons (Fsp3) is 0.462. The number of rotatable bonds is 2. The van der Waals surface area contributed by atoms with Gasteiger partial charge in [-0.2, -0.15) is 0 Å². The number of nitrogen functional groups attached to an aromatic ring is 1. The van der Waals surface area contributed by atoms with E-state index < -0.39 is 5.97 Å². The number of piperidine rings is 1. The number of likely N-dealkylation sites (tertiary alicyclic amines) is 1. The molecule has 1 heterocycles. The summed E-state index contributed by atoms with van der Waals surface area (Å²) in [6.45, 7) is 1.84. The minimum absolute atomic E-state index is 0.0745. The summed E-state index contributed by atoms with van der Waals surface area (Å²) in [6, 6.07) is 4.38. The van der Waals surface area contributed by atoms with Crippen LogP contribution in [0.25, 0.3) is 0 Å². The van der Waals surface area contributed by atoms with Gasteiger partial charge >= 0.3 is 5.97 Å². The third-order valence-electron chi connectivity index (χ3n) is 3.18. The number of hydrogen-bond donors (Lipinski definition) is 2. The van der Waals surface area contributed by atoms with E-state index >= 15 is 0 Å². The van der Waals surface area contributed by atoms with Gasteiger partial charge in [0.25, 0.3) is 0 Å². The van der Waals surface area contributed by atoms with Gasteiger partial charge in [0.05, 0.1) is 0 Å². The van der Waals surface area contributed by atoms with Crippen molar-refractivity contribution in [2.45, 2.75) is 18.9 Å². The predicted octanol–water partition coefficient (Wildman–Crippen LogP) is 1.23. The van der Waals surface area contributed by atoms with Crippen molar-refractivity contribution in [2.24, 2.45) is 0 Å². The molecule has 98 valence electrons. The van der Waals surface area contributed by atoms with Crippen molar-refractivity contribution >= 4 is 11.7 Å². The summed E-state index contributed by atoms with van der Waals surface area (Å²) in [7, 11) is 2.04. The molecule has 1 aliphatic rings. The molecule has 0 aliphatic carbocycles. The van der Waals surface area contributed by atoms with Gasteiger partial charge in [0.1, 0.15) is 17.4 Å². The van der Waals surface area contributed by atoms with Gasteiger partial charge < -0.3 is 20.5 Å². The number of benzene rings is 1. The molecule has 0 spiro atoms. The van der Waals surface area contributed by atoms with E-state index in [9.17, 15) is 9.90 Å². The summed E-state index contributed by atoms with van der Waals surface area (Å²) in [5, 5.41) is 9.61. The molecule has 1 fully saturated rings. The highest BCUT2D eigenvalue weighted by Gasteiger charge is 2.22. The van der Waals surface area contributed by atoms with Crippen molar-refractivity contribution in [3.8, 4) is 5.75 Å². The monoisotopic (exact) mass is 250 g/mol. The van der Waals surface area contributed by atoms with Crippen LogP contribution in [0.3, 0.4) is 0 Å². The molecule has 0 unspecified atom stereocenters. The van der Waals surface area contributed by atoms with Crippen LogP contribution in [0.15, 0.2) is 18.2 Å². The van der Waals surface area contributed by atoms with Gasteiger partial charge in [-0.3, -0.25) is 0 Å². The Kier molecular flexibility index (Phi) is 3.72. The summed E-state index contributed by atoms with van der Waals surface area (Å²) < 4.78 is 5.38. The lowest BCUT2D eigenvalue weighted by Crippen LogP contribution is -2.35. The molecule has 0 aromatic heterocycles. The smallest absolute Gasteiger partial charge is 0.342 e. The molecule has 0 atom stereocenters. The molecule has 0 radical (unpaired) electrons. The number of nitrogens with zero attached hydrogens (tertiary/aromatic N) is 1.